The first kappa shape index (κ1) is 19.0. The van der Waals surface area contributed by atoms with Gasteiger partial charge in [0.1, 0.15) is 0 Å². The van der Waals surface area contributed by atoms with Gasteiger partial charge in [0.2, 0.25) is 5.91 Å². The third-order valence-electron chi connectivity index (χ3n) is 7.05. The van der Waals surface area contributed by atoms with Crippen LogP contribution < -0.4 is 5.32 Å². The molecule has 0 spiro atoms. The molecule has 1 heterocycles. The zero-order valence-corrected chi connectivity index (χ0v) is 17.6. The van der Waals surface area contributed by atoms with Crippen molar-refractivity contribution in [1.29, 1.82) is 0 Å². The normalized spacial score (nSPS) is 29.0. The molecule has 1 saturated heterocycles. The van der Waals surface area contributed by atoms with E-state index in [1.807, 2.05) is 29.2 Å². The third-order valence-corrected chi connectivity index (χ3v) is 7.58. The summed E-state index contributed by atoms with van der Waals surface area (Å²) in [5, 5.41) is 3.31. The summed E-state index contributed by atoms with van der Waals surface area (Å²) < 4.78 is 0.971. The Labute approximate surface area is 170 Å². The second kappa shape index (κ2) is 7.94. The molecule has 4 atom stereocenters. The summed E-state index contributed by atoms with van der Waals surface area (Å²) in [5.41, 5.74) is 0.714. The predicted octanol–water partition coefficient (Wildman–Crippen LogP) is 4.24. The molecule has 2 bridgehead atoms. The zero-order valence-electron chi connectivity index (χ0n) is 16.0. The van der Waals surface area contributed by atoms with Gasteiger partial charge in [-0.3, -0.25) is 9.59 Å². The van der Waals surface area contributed by atoms with Gasteiger partial charge in [-0.05, 0) is 81.0 Å². The van der Waals surface area contributed by atoms with Gasteiger partial charge in [-0.2, -0.15) is 0 Å². The lowest BCUT2D eigenvalue weighted by atomic mass is 9.83. The van der Waals surface area contributed by atoms with Gasteiger partial charge >= 0.3 is 0 Å². The minimum atomic E-state index is 0.0417. The van der Waals surface area contributed by atoms with Crippen molar-refractivity contribution in [3.05, 3.63) is 34.3 Å². The maximum absolute atomic E-state index is 12.7. The van der Waals surface area contributed by atoms with Crippen molar-refractivity contribution < 1.29 is 9.59 Å². The van der Waals surface area contributed by atoms with Crippen LogP contribution >= 0.6 is 15.9 Å². The molecular weight excluding hydrogens is 404 g/mol. The summed E-state index contributed by atoms with van der Waals surface area (Å²) in [6.07, 6.45) is 6.95. The molecule has 3 aliphatic rings. The van der Waals surface area contributed by atoms with Crippen LogP contribution in [0.3, 0.4) is 0 Å². The van der Waals surface area contributed by atoms with Gasteiger partial charge in [-0.1, -0.05) is 22.4 Å². The summed E-state index contributed by atoms with van der Waals surface area (Å²) in [5.74, 6) is 2.72. The summed E-state index contributed by atoms with van der Waals surface area (Å²) in [4.78, 5) is 27.2. The molecule has 2 amide bonds. The fourth-order valence-corrected chi connectivity index (χ4v) is 5.74. The number of piperidine rings is 1. The molecule has 0 aromatic heterocycles. The highest BCUT2D eigenvalue weighted by atomic mass is 79.9. The number of halogens is 1. The Bertz CT molecular complexity index is 697. The van der Waals surface area contributed by atoms with Gasteiger partial charge in [-0.15, -0.1) is 0 Å². The topological polar surface area (TPSA) is 49.4 Å². The lowest BCUT2D eigenvalue weighted by molar-refractivity contribution is -0.127. The van der Waals surface area contributed by atoms with Gasteiger partial charge in [0, 0.05) is 35.1 Å². The van der Waals surface area contributed by atoms with Crippen molar-refractivity contribution in [2.45, 2.75) is 51.5 Å². The predicted molar refractivity (Wildman–Crippen MR) is 109 cm³/mol. The molecule has 2 saturated carbocycles. The van der Waals surface area contributed by atoms with Crippen LogP contribution in [0.5, 0.6) is 0 Å². The molecule has 146 valence electrons. The van der Waals surface area contributed by atoms with Crippen LogP contribution in [-0.2, 0) is 4.79 Å². The van der Waals surface area contributed by atoms with E-state index in [0.29, 0.717) is 24.6 Å². The maximum atomic E-state index is 12.7. The minimum absolute atomic E-state index is 0.0417. The summed E-state index contributed by atoms with van der Waals surface area (Å²) in [6.45, 7) is 3.51. The van der Waals surface area contributed by atoms with E-state index in [1.54, 1.807) is 0 Å². The Balaban J connectivity index is 1.26. The minimum Gasteiger partial charge on any atom is -0.353 e. The molecular formula is C22H29BrN2O2. The van der Waals surface area contributed by atoms with Crippen molar-refractivity contribution >= 4 is 27.7 Å². The Morgan fingerprint density at radius 1 is 1.07 bits per heavy atom. The Morgan fingerprint density at radius 3 is 2.37 bits per heavy atom. The van der Waals surface area contributed by atoms with E-state index in [2.05, 4.69) is 28.2 Å². The molecule has 0 radical (unpaired) electrons. The number of hydrogen-bond acceptors (Lipinski definition) is 2. The summed E-state index contributed by atoms with van der Waals surface area (Å²) >= 11 is 3.40. The first-order chi connectivity index (χ1) is 13.0. The van der Waals surface area contributed by atoms with E-state index in [0.717, 1.165) is 29.2 Å². The number of rotatable bonds is 4. The fraction of sp³-hybridized carbons (Fsp3) is 0.636. The molecule has 5 heteroatoms. The molecule has 1 aromatic carbocycles. The quantitative estimate of drug-likeness (QED) is 0.772. The van der Waals surface area contributed by atoms with E-state index < -0.39 is 0 Å². The van der Waals surface area contributed by atoms with E-state index >= 15 is 0 Å². The highest BCUT2D eigenvalue weighted by Crippen LogP contribution is 2.49. The summed E-state index contributed by atoms with van der Waals surface area (Å²) in [6, 6.07) is 7.77. The molecule has 2 aliphatic carbocycles. The van der Waals surface area contributed by atoms with Gasteiger partial charge in [0.15, 0.2) is 0 Å². The fourth-order valence-electron chi connectivity index (χ4n) is 5.48. The van der Waals surface area contributed by atoms with Gasteiger partial charge in [0.05, 0.1) is 0 Å². The lowest BCUT2D eigenvalue weighted by Gasteiger charge is -2.34. The van der Waals surface area contributed by atoms with Crippen LogP contribution in [0.15, 0.2) is 28.7 Å². The second-order valence-corrected chi connectivity index (χ2v) is 9.63. The number of benzene rings is 1. The van der Waals surface area contributed by atoms with Crippen LogP contribution in [0, 0.1) is 23.7 Å². The Morgan fingerprint density at radius 2 is 1.78 bits per heavy atom. The van der Waals surface area contributed by atoms with E-state index in [4.69, 9.17) is 0 Å². The molecule has 4 nitrogen and oxygen atoms in total. The molecule has 4 rings (SSSR count). The van der Waals surface area contributed by atoms with Crippen LogP contribution in [0.1, 0.15) is 55.8 Å². The average molecular weight is 433 g/mol. The number of nitrogens with zero attached hydrogens (tertiary/aromatic N) is 1. The van der Waals surface area contributed by atoms with Gasteiger partial charge in [-0.25, -0.2) is 0 Å². The van der Waals surface area contributed by atoms with Crippen LogP contribution in [0.25, 0.3) is 0 Å². The molecule has 27 heavy (non-hydrogen) atoms. The highest BCUT2D eigenvalue weighted by molar-refractivity contribution is 9.10. The van der Waals surface area contributed by atoms with Crippen LogP contribution in [0.4, 0.5) is 0 Å². The van der Waals surface area contributed by atoms with Crippen molar-refractivity contribution in [3.8, 4) is 0 Å². The smallest absolute Gasteiger partial charge is 0.253 e. The van der Waals surface area contributed by atoms with Crippen LogP contribution in [-0.4, -0.2) is 35.8 Å². The van der Waals surface area contributed by atoms with Crippen molar-refractivity contribution in [1.82, 2.24) is 10.2 Å². The molecule has 1 N–H and O–H groups in total. The zero-order chi connectivity index (χ0) is 19.0. The van der Waals surface area contributed by atoms with E-state index in [9.17, 15) is 9.59 Å². The largest absolute Gasteiger partial charge is 0.353 e. The molecule has 3 fully saturated rings. The Kier molecular flexibility index (Phi) is 5.58. The van der Waals surface area contributed by atoms with Gasteiger partial charge < -0.3 is 10.2 Å². The first-order valence-corrected chi connectivity index (χ1v) is 11.2. The number of likely N-dealkylation sites (tertiary alicyclic amines) is 1. The van der Waals surface area contributed by atoms with E-state index in [-0.39, 0.29) is 23.8 Å². The molecule has 0 unspecified atom stereocenters. The van der Waals surface area contributed by atoms with Crippen molar-refractivity contribution in [3.63, 3.8) is 0 Å². The maximum Gasteiger partial charge on any atom is 0.253 e. The lowest BCUT2D eigenvalue weighted by Crippen LogP contribution is -2.47. The van der Waals surface area contributed by atoms with Crippen molar-refractivity contribution in [2.75, 3.05) is 13.1 Å². The van der Waals surface area contributed by atoms with Crippen LogP contribution in [0.2, 0.25) is 0 Å². The SMILES string of the molecule is C[C@@H](NC(=O)C1CCN(C(=O)c2ccc(Br)cc2)CC1)[C@H]1C[C@H]2CC[C@H]1C2. The van der Waals surface area contributed by atoms with Gasteiger partial charge in [0.25, 0.3) is 5.91 Å². The number of hydrogen-bond donors (Lipinski definition) is 1. The summed E-state index contributed by atoms with van der Waals surface area (Å²) in [7, 11) is 0. The number of carbonyl (C=O) groups is 2. The number of nitrogens with one attached hydrogen (secondary N) is 1. The second-order valence-electron chi connectivity index (χ2n) is 8.71. The van der Waals surface area contributed by atoms with Crippen molar-refractivity contribution in [2.24, 2.45) is 23.7 Å². The van der Waals surface area contributed by atoms with E-state index in [1.165, 1.54) is 25.7 Å². The monoisotopic (exact) mass is 432 g/mol. The third kappa shape index (κ3) is 4.08. The standard InChI is InChI=1S/C22H29BrN2O2/c1-14(20-13-15-2-3-18(20)12-15)24-21(26)16-8-10-25(11-9-16)22(27)17-4-6-19(23)7-5-17/h4-7,14-16,18,20H,2-3,8-13H2,1H3,(H,24,26)/t14-,15+,18+,20-/m1/s1. The average Bonchev–Trinajstić information content (AvgIpc) is 3.32. The molecule has 1 aliphatic heterocycles. The first-order valence-electron chi connectivity index (χ1n) is 10.4. The number of carbonyl (C=O) groups excluding carboxylic acids is 2. The number of fused-ring (bicyclic) bond motifs is 2. The molecule has 1 aromatic rings. The Hall–Kier alpha value is -1.36. The number of amides is 2. The highest BCUT2D eigenvalue weighted by Gasteiger charge is 2.42.